The van der Waals surface area contributed by atoms with Gasteiger partial charge < -0.3 is 4.74 Å². The first-order valence-electron chi connectivity index (χ1n) is 4.44. The maximum atomic E-state index is 11.2. The molecule has 0 spiro atoms. The number of carbonyl (C=O) groups is 1. The largest absolute Gasteiger partial charge is 0.447 e. The third-order valence-corrected chi connectivity index (χ3v) is 1.46. The molecule has 1 amide bonds. The van der Waals surface area contributed by atoms with E-state index in [1.807, 2.05) is 6.07 Å². The van der Waals surface area contributed by atoms with Gasteiger partial charge in [-0.3, -0.25) is 10.3 Å². The van der Waals surface area contributed by atoms with E-state index in [-0.39, 0.29) is 6.10 Å². The van der Waals surface area contributed by atoms with E-state index in [2.05, 4.69) is 10.3 Å². The van der Waals surface area contributed by atoms with Gasteiger partial charge in [0.1, 0.15) is 6.07 Å². The molecule has 78 valence electrons. The van der Waals surface area contributed by atoms with Crippen molar-refractivity contribution in [1.29, 1.82) is 5.26 Å². The Labute approximate surface area is 87.7 Å². The van der Waals surface area contributed by atoms with Crippen LogP contribution < -0.4 is 5.32 Å². The number of hydrogen-bond acceptors (Lipinski definition) is 4. The van der Waals surface area contributed by atoms with Crippen LogP contribution in [0.5, 0.6) is 0 Å². The van der Waals surface area contributed by atoms with Crippen molar-refractivity contribution in [3.63, 3.8) is 0 Å². The number of ether oxygens (including phenoxy) is 1. The lowest BCUT2D eigenvalue weighted by molar-refractivity contribution is 0.130. The third kappa shape index (κ3) is 3.65. The molecule has 0 saturated heterocycles. The number of carbonyl (C=O) groups excluding carboxylic acids is 1. The average Bonchev–Trinajstić information content (AvgIpc) is 2.16. The monoisotopic (exact) mass is 205 g/mol. The molecule has 1 N–H and O–H groups in total. The zero-order valence-corrected chi connectivity index (χ0v) is 8.52. The predicted molar refractivity (Wildman–Crippen MR) is 54.2 cm³/mol. The minimum absolute atomic E-state index is 0.183. The van der Waals surface area contributed by atoms with E-state index in [1.165, 1.54) is 18.5 Å². The van der Waals surface area contributed by atoms with Crippen molar-refractivity contribution in [2.75, 3.05) is 5.32 Å². The van der Waals surface area contributed by atoms with Crippen molar-refractivity contribution >= 4 is 11.8 Å². The van der Waals surface area contributed by atoms with Gasteiger partial charge in [-0.25, -0.2) is 4.79 Å². The predicted octanol–water partition coefficient (Wildman–Crippen LogP) is 1.91. The van der Waals surface area contributed by atoms with Gasteiger partial charge in [0.2, 0.25) is 0 Å². The van der Waals surface area contributed by atoms with E-state index < -0.39 is 6.09 Å². The minimum atomic E-state index is -0.554. The summed E-state index contributed by atoms with van der Waals surface area (Å²) in [5.74, 6) is 0. The quantitative estimate of drug-likeness (QED) is 0.800. The van der Waals surface area contributed by atoms with E-state index in [0.717, 1.165) is 0 Å². The SMILES string of the molecule is CC(C)OC(=O)Nc1cncc(C#N)c1. The van der Waals surface area contributed by atoms with Crippen molar-refractivity contribution in [2.45, 2.75) is 20.0 Å². The van der Waals surface area contributed by atoms with E-state index in [4.69, 9.17) is 10.00 Å². The first-order valence-corrected chi connectivity index (χ1v) is 4.44. The smallest absolute Gasteiger partial charge is 0.411 e. The molecule has 0 fully saturated rings. The van der Waals surface area contributed by atoms with Gasteiger partial charge in [0.15, 0.2) is 0 Å². The number of anilines is 1. The fraction of sp³-hybridized carbons (Fsp3) is 0.300. The van der Waals surface area contributed by atoms with Gasteiger partial charge in [-0.2, -0.15) is 5.26 Å². The van der Waals surface area contributed by atoms with Gasteiger partial charge in [-0.15, -0.1) is 0 Å². The van der Waals surface area contributed by atoms with Crippen LogP contribution in [0.2, 0.25) is 0 Å². The molecule has 0 radical (unpaired) electrons. The van der Waals surface area contributed by atoms with Crippen LogP contribution in [0.15, 0.2) is 18.5 Å². The summed E-state index contributed by atoms with van der Waals surface area (Å²) in [5, 5.41) is 11.1. The fourth-order valence-corrected chi connectivity index (χ4v) is 0.931. The average molecular weight is 205 g/mol. The van der Waals surface area contributed by atoms with Crippen LogP contribution in [-0.2, 0) is 4.74 Å². The molecule has 0 saturated carbocycles. The summed E-state index contributed by atoms with van der Waals surface area (Å²) in [5.41, 5.74) is 0.831. The Morgan fingerprint density at radius 2 is 2.33 bits per heavy atom. The molecule has 0 atom stereocenters. The van der Waals surface area contributed by atoms with Crippen LogP contribution in [0.3, 0.4) is 0 Å². The molecule has 0 aliphatic carbocycles. The highest BCUT2D eigenvalue weighted by molar-refractivity contribution is 5.84. The summed E-state index contributed by atoms with van der Waals surface area (Å²) in [6, 6.07) is 3.45. The van der Waals surface area contributed by atoms with Crippen LogP contribution in [0.25, 0.3) is 0 Å². The van der Waals surface area contributed by atoms with Crippen molar-refractivity contribution in [1.82, 2.24) is 4.98 Å². The van der Waals surface area contributed by atoms with Gasteiger partial charge in [-0.1, -0.05) is 0 Å². The van der Waals surface area contributed by atoms with Crippen LogP contribution in [-0.4, -0.2) is 17.2 Å². The molecule has 1 heterocycles. The molecule has 0 aliphatic rings. The fourth-order valence-electron chi connectivity index (χ4n) is 0.931. The molecule has 15 heavy (non-hydrogen) atoms. The van der Waals surface area contributed by atoms with Crippen molar-refractivity contribution < 1.29 is 9.53 Å². The molecule has 1 aromatic rings. The summed E-state index contributed by atoms with van der Waals surface area (Å²) < 4.78 is 4.87. The van der Waals surface area contributed by atoms with Crippen LogP contribution in [0.4, 0.5) is 10.5 Å². The summed E-state index contributed by atoms with van der Waals surface area (Å²) in [7, 11) is 0. The molecule has 5 heteroatoms. The van der Waals surface area contributed by atoms with Gasteiger partial charge >= 0.3 is 6.09 Å². The normalized spacial score (nSPS) is 9.47. The Bertz CT molecular complexity index is 396. The standard InChI is InChI=1S/C10H11N3O2/c1-7(2)15-10(14)13-9-3-8(4-11)5-12-6-9/h3,5-7H,1-2H3,(H,13,14). The summed E-state index contributed by atoms with van der Waals surface area (Å²) in [6.07, 6.45) is 2.13. The van der Waals surface area contributed by atoms with Crippen molar-refractivity contribution in [2.24, 2.45) is 0 Å². The van der Waals surface area contributed by atoms with E-state index >= 15 is 0 Å². The highest BCUT2D eigenvalue weighted by atomic mass is 16.6. The number of amides is 1. The lowest BCUT2D eigenvalue weighted by Crippen LogP contribution is -2.18. The highest BCUT2D eigenvalue weighted by Crippen LogP contribution is 2.08. The second-order valence-corrected chi connectivity index (χ2v) is 3.15. The van der Waals surface area contributed by atoms with Crippen LogP contribution in [0.1, 0.15) is 19.4 Å². The first kappa shape index (κ1) is 11.0. The first-order chi connectivity index (χ1) is 7.11. The summed E-state index contributed by atoms with van der Waals surface area (Å²) in [6.45, 7) is 3.51. The van der Waals surface area contributed by atoms with Gasteiger partial charge in [0.05, 0.1) is 23.6 Å². The van der Waals surface area contributed by atoms with Crippen LogP contribution in [0, 0.1) is 11.3 Å². The van der Waals surface area contributed by atoms with E-state index in [0.29, 0.717) is 11.3 Å². The van der Waals surface area contributed by atoms with Crippen molar-refractivity contribution in [3.05, 3.63) is 24.0 Å². The lowest BCUT2D eigenvalue weighted by Gasteiger charge is -2.08. The second-order valence-electron chi connectivity index (χ2n) is 3.15. The number of nitrogens with zero attached hydrogens (tertiary/aromatic N) is 2. The summed E-state index contributed by atoms with van der Waals surface area (Å²) in [4.78, 5) is 15.0. The number of rotatable bonds is 2. The number of nitriles is 1. The van der Waals surface area contributed by atoms with Crippen LogP contribution >= 0.6 is 0 Å². The molecular formula is C10H11N3O2. The second kappa shape index (κ2) is 4.96. The number of nitrogens with one attached hydrogen (secondary N) is 1. The molecule has 1 rings (SSSR count). The van der Waals surface area contributed by atoms with E-state index in [1.54, 1.807) is 13.8 Å². The molecule has 0 bridgehead atoms. The lowest BCUT2D eigenvalue weighted by atomic mass is 10.3. The molecule has 0 aliphatic heterocycles. The number of hydrogen-bond donors (Lipinski definition) is 1. The molecule has 1 aromatic heterocycles. The van der Waals surface area contributed by atoms with Gasteiger partial charge in [-0.05, 0) is 19.9 Å². The molecule has 0 aromatic carbocycles. The third-order valence-electron chi connectivity index (χ3n) is 1.46. The van der Waals surface area contributed by atoms with Gasteiger partial charge in [0.25, 0.3) is 0 Å². The maximum absolute atomic E-state index is 11.2. The Balaban J connectivity index is 2.65. The van der Waals surface area contributed by atoms with Crippen molar-refractivity contribution in [3.8, 4) is 6.07 Å². The maximum Gasteiger partial charge on any atom is 0.411 e. The molecular weight excluding hydrogens is 194 g/mol. The summed E-state index contributed by atoms with van der Waals surface area (Å²) >= 11 is 0. The number of pyridine rings is 1. The Morgan fingerprint density at radius 1 is 1.60 bits per heavy atom. The van der Waals surface area contributed by atoms with Gasteiger partial charge in [0, 0.05) is 6.20 Å². The molecule has 0 unspecified atom stereocenters. The Hall–Kier alpha value is -2.09. The zero-order chi connectivity index (χ0) is 11.3. The van der Waals surface area contributed by atoms with E-state index in [9.17, 15) is 4.79 Å². The highest BCUT2D eigenvalue weighted by Gasteiger charge is 2.05. The molecule has 5 nitrogen and oxygen atoms in total. The number of aromatic nitrogens is 1. The Morgan fingerprint density at radius 3 is 2.93 bits per heavy atom. The minimum Gasteiger partial charge on any atom is -0.447 e. The zero-order valence-electron chi connectivity index (χ0n) is 8.52. The Kier molecular flexibility index (Phi) is 3.63. The topological polar surface area (TPSA) is 75.0 Å².